The fourth-order valence-corrected chi connectivity index (χ4v) is 5.33. The second-order valence-corrected chi connectivity index (χ2v) is 6.94. The van der Waals surface area contributed by atoms with Gasteiger partial charge in [-0.25, -0.2) is 0 Å². The average Bonchev–Trinajstić information content (AvgIpc) is 3.10. The van der Waals surface area contributed by atoms with E-state index in [1.165, 1.54) is 38.5 Å². The number of ether oxygens (including phenoxy) is 1. The van der Waals surface area contributed by atoms with E-state index in [-0.39, 0.29) is 0 Å². The molecule has 6 unspecified atom stereocenters. The molecular formula is C12H18OS. The number of rotatable bonds is 1. The quantitative estimate of drug-likeness (QED) is 0.617. The third-order valence-electron chi connectivity index (χ3n) is 4.72. The minimum atomic E-state index is 0.692. The molecule has 78 valence electrons. The summed E-state index contributed by atoms with van der Waals surface area (Å²) in [5, 5.41) is 2.15. The largest absolute Gasteiger partial charge is 0.370 e. The molecule has 2 saturated carbocycles. The highest BCUT2D eigenvalue weighted by Gasteiger charge is 2.52. The summed E-state index contributed by atoms with van der Waals surface area (Å²) in [6.45, 7) is 0. The van der Waals surface area contributed by atoms with Crippen LogP contribution in [-0.4, -0.2) is 22.7 Å². The van der Waals surface area contributed by atoms with E-state index in [9.17, 15) is 0 Å². The minimum absolute atomic E-state index is 0.692. The van der Waals surface area contributed by atoms with E-state index in [0.29, 0.717) is 12.2 Å². The van der Waals surface area contributed by atoms with Crippen molar-refractivity contribution in [2.75, 3.05) is 0 Å². The van der Waals surface area contributed by atoms with Crippen LogP contribution in [0.25, 0.3) is 0 Å². The lowest BCUT2D eigenvalue weighted by atomic mass is 9.73. The zero-order chi connectivity index (χ0) is 9.12. The summed E-state index contributed by atoms with van der Waals surface area (Å²) >= 11 is 2.27. The lowest BCUT2D eigenvalue weighted by Gasteiger charge is -2.30. The molecule has 4 fully saturated rings. The Morgan fingerprint density at radius 1 is 1.00 bits per heavy atom. The smallest absolute Gasteiger partial charge is 0.0844 e. The van der Waals surface area contributed by atoms with Crippen LogP contribution in [0.4, 0.5) is 0 Å². The van der Waals surface area contributed by atoms with Crippen LogP contribution in [0.5, 0.6) is 0 Å². The molecule has 0 aromatic heterocycles. The molecule has 0 N–H and O–H groups in total. The summed E-state index contributed by atoms with van der Waals surface area (Å²) in [5.41, 5.74) is 0. The lowest BCUT2D eigenvalue weighted by Crippen LogP contribution is -2.28. The number of hydrogen-bond acceptors (Lipinski definition) is 2. The predicted molar refractivity (Wildman–Crippen MR) is 58.5 cm³/mol. The highest BCUT2D eigenvalue weighted by atomic mass is 32.2. The molecule has 2 heterocycles. The number of epoxide rings is 1. The maximum Gasteiger partial charge on any atom is 0.0844 e. The van der Waals surface area contributed by atoms with Gasteiger partial charge in [-0.15, -0.1) is 0 Å². The van der Waals surface area contributed by atoms with E-state index in [0.717, 1.165) is 22.3 Å². The fraction of sp³-hybridized carbons (Fsp3) is 1.00. The molecule has 2 saturated heterocycles. The Balaban J connectivity index is 1.46. The van der Waals surface area contributed by atoms with Crippen molar-refractivity contribution in [3.05, 3.63) is 0 Å². The number of hydrogen-bond donors (Lipinski definition) is 0. The van der Waals surface area contributed by atoms with Crippen molar-refractivity contribution in [1.82, 2.24) is 0 Å². The first kappa shape index (κ1) is 8.46. The van der Waals surface area contributed by atoms with Gasteiger partial charge in [0.05, 0.1) is 12.2 Å². The SMILES string of the molecule is C1CC2SC2C(C2CCC3OC3C2)C1. The molecule has 0 bridgehead atoms. The van der Waals surface area contributed by atoms with E-state index in [4.69, 9.17) is 4.74 Å². The zero-order valence-corrected chi connectivity index (χ0v) is 9.34. The monoisotopic (exact) mass is 210 g/mol. The Labute approximate surface area is 90.0 Å². The van der Waals surface area contributed by atoms with Crippen LogP contribution in [0.1, 0.15) is 38.5 Å². The molecule has 2 aliphatic heterocycles. The van der Waals surface area contributed by atoms with Crippen LogP contribution >= 0.6 is 11.8 Å². The standard InChI is InChI=1S/C12H18OS/c1-2-8(12-11(3-1)14-12)7-4-5-9-10(6-7)13-9/h7-12H,1-6H2. The van der Waals surface area contributed by atoms with E-state index >= 15 is 0 Å². The molecule has 14 heavy (non-hydrogen) atoms. The van der Waals surface area contributed by atoms with Crippen LogP contribution < -0.4 is 0 Å². The molecule has 6 atom stereocenters. The van der Waals surface area contributed by atoms with E-state index in [1.54, 1.807) is 0 Å². The molecular weight excluding hydrogens is 192 g/mol. The molecule has 0 spiro atoms. The molecule has 4 rings (SSSR count). The Morgan fingerprint density at radius 3 is 2.93 bits per heavy atom. The number of fused-ring (bicyclic) bond motifs is 2. The summed E-state index contributed by atoms with van der Waals surface area (Å²) < 4.78 is 5.64. The summed E-state index contributed by atoms with van der Waals surface area (Å²) in [4.78, 5) is 0. The summed E-state index contributed by atoms with van der Waals surface area (Å²) in [5.74, 6) is 2.10. The molecule has 0 amide bonds. The van der Waals surface area contributed by atoms with Crippen molar-refractivity contribution >= 4 is 11.8 Å². The van der Waals surface area contributed by atoms with Crippen molar-refractivity contribution < 1.29 is 4.74 Å². The summed E-state index contributed by atoms with van der Waals surface area (Å²) in [6.07, 6.45) is 10.2. The Kier molecular flexibility index (Phi) is 1.76. The Morgan fingerprint density at radius 2 is 2.00 bits per heavy atom. The van der Waals surface area contributed by atoms with Crippen molar-refractivity contribution in [2.45, 2.75) is 61.2 Å². The van der Waals surface area contributed by atoms with E-state index in [1.807, 2.05) is 0 Å². The highest BCUT2D eigenvalue weighted by Crippen LogP contribution is 2.58. The van der Waals surface area contributed by atoms with Gasteiger partial charge in [-0.1, -0.05) is 6.42 Å². The predicted octanol–water partition coefficient (Wildman–Crippen LogP) is 2.84. The van der Waals surface area contributed by atoms with Gasteiger partial charge < -0.3 is 4.74 Å². The van der Waals surface area contributed by atoms with Gasteiger partial charge in [-0.2, -0.15) is 11.8 Å². The second kappa shape index (κ2) is 2.91. The van der Waals surface area contributed by atoms with Crippen LogP contribution in [0.3, 0.4) is 0 Å². The van der Waals surface area contributed by atoms with Crippen LogP contribution in [0.15, 0.2) is 0 Å². The second-order valence-electron chi connectivity index (χ2n) is 5.52. The lowest BCUT2D eigenvalue weighted by molar-refractivity contribution is 0.230. The third-order valence-corrected chi connectivity index (χ3v) is 6.28. The van der Waals surface area contributed by atoms with Gasteiger partial charge in [-0.3, -0.25) is 0 Å². The molecule has 2 heteroatoms. The van der Waals surface area contributed by atoms with Crippen molar-refractivity contribution in [1.29, 1.82) is 0 Å². The summed E-state index contributed by atoms with van der Waals surface area (Å²) in [6, 6.07) is 0. The molecule has 0 radical (unpaired) electrons. The van der Waals surface area contributed by atoms with Crippen LogP contribution in [0, 0.1) is 11.8 Å². The zero-order valence-electron chi connectivity index (χ0n) is 8.52. The maximum atomic E-state index is 5.64. The molecule has 1 nitrogen and oxygen atoms in total. The van der Waals surface area contributed by atoms with Gasteiger partial charge in [-0.05, 0) is 43.9 Å². The van der Waals surface area contributed by atoms with Crippen molar-refractivity contribution in [3.8, 4) is 0 Å². The molecule has 0 aromatic rings. The van der Waals surface area contributed by atoms with Crippen LogP contribution in [-0.2, 0) is 4.74 Å². The van der Waals surface area contributed by atoms with Crippen LogP contribution in [0.2, 0.25) is 0 Å². The van der Waals surface area contributed by atoms with Crippen molar-refractivity contribution in [2.24, 2.45) is 11.8 Å². The normalized spacial score (nSPS) is 60.0. The van der Waals surface area contributed by atoms with Gasteiger partial charge in [0, 0.05) is 10.5 Å². The van der Waals surface area contributed by atoms with Crippen molar-refractivity contribution in [3.63, 3.8) is 0 Å². The topological polar surface area (TPSA) is 12.5 Å². The molecule has 4 aliphatic rings. The first-order chi connectivity index (χ1) is 6.92. The first-order valence-corrected chi connectivity index (χ1v) is 7.17. The summed E-state index contributed by atoms with van der Waals surface area (Å²) in [7, 11) is 0. The van der Waals surface area contributed by atoms with E-state index in [2.05, 4.69) is 11.8 Å². The fourth-order valence-electron chi connectivity index (χ4n) is 3.81. The number of thioether (sulfide) groups is 1. The maximum absolute atomic E-state index is 5.64. The average molecular weight is 210 g/mol. The van der Waals surface area contributed by atoms with Gasteiger partial charge in [0.1, 0.15) is 0 Å². The molecule has 2 aliphatic carbocycles. The Bertz CT molecular complexity index is 255. The van der Waals surface area contributed by atoms with Gasteiger partial charge in [0.15, 0.2) is 0 Å². The van der Waals surface area contributed by atoms with Gasteiger partial charge in [0.2, 0.25) is 0 Å². The minimum Gasteiger partial charge on any atom is -0.370 e. The third kappa shape index (κ3) is 1.26. The van der Waals surface area contributed by atoms with Gasteiger partial charge in [0.25, 0.3) is 0 Å². The van der Waals surface area contributed by atoms with Gasteiger partial charge >= 0.3 is 0 Å². The Hall–Kier alpha value is 0.310. The highest BCUT2D eigenvalue weighted by molar-refractivity contribution is 8.07. The first-order valence-electron chi connectivity index (χ1n) is 6.23. The molecule has 0 aromatic carbocycles. The van der Waals surface area contributed by atoms with E-state index < -0.39 is 0 Å².